The summed E-state index contributed by atoms with van der Waals surface area (Å²) in [7, 11) is 1.40. The Bertz CT molecular complexity index is 475. The van der Waals surface area contributed by atoms with E-state index in [1.165, 1.54) is 7.11 Å². The van der Waals surface area contributed by atoms with Gasteiger partial charge in [0.05, 0.1) is 24.7 Å². The molecular weight excluding hydrogens is 336 g/mol. The third-order valence-electron chi connectivity index (χ3n) is 4.98. The van der Waals surface area contributed by atoms with E-state index in [0.29, 0.717) is 19.3 Å². The van der Waals surface area contributed by atoms with E-state index in [2.05, 4.69) is 0 Å². The summed E-state index contributed by atoms with van der Waals surface area (Å²) in [5.41, 5.74) is 0. The Morgan fingerprint density at radius 2 is 1.92 bits per heavy atom. The van der Waals surface area contributed by atoms with Crippen LogP contribution in [-0.2, 0) is 14.3 Å². The molecule has 0 saturated carbocycles. The first-order chi connectivity index (χ1) is 12.3. The second kappa shape index (κ2) is 11.5. The number of cyclic esters (lactones) is 1. The zero-order chi connectivity index (χ0) is 19.7. The number of carbonyl (C=O) groups excluding carboxylic acids is 1. The van der Waals surface area contributed by atoms with E-state index in [-0.39, 0.29) is 24.4 Å². The Hall–Kier alpha value is -1.21. The van der Waals surface area contributed by atoms with Crippen molar-refractivity contribution < 1.29 is 29.6 Å². The van der Waals surface area contributed by atoms with Gasteiger partial charge < -0.3 is 24.8 Å². The molecule has 0 aromatic heterocycles. The zero-order valence-corrected chi connectivity index (χ0v) is 16.2. The Kier molecular flexibility index (Phi) is 10.1. The number of aliphatic hydroxyl groups is 3. The smallest absolute Gasteiger partial charge is 0.308 e. The molecule has 0 aromatic rings. The zero-order valence-electron chi connectivity index (χ0n) is 16.2. The van der Waals surface area contributed by atoms with Crippen LogP contribution in [0.1, 0.15) is 46.5 Å². The molecule has 0 aromatic carbocycles. The van der Waals surface area contributed by atoms with Crippen molar-refractivity contribution in [3.05, 3.63) is 24.3 Å². The van der Waals surface area contributed by atoms with E-state index in [0.717, 1.165) is 0 Å². The van der Waals surface area contributed by atoms with E-state index in [1.54, 1.807) is 19.1 Å². The summed E-state index contributed by atoms with van der Waals surface area (Å²) >= 11 is 0. The normalized spacial score (nSPS) is 40.6. The number of aliphatic hydroxyl groups excluding tert-OH is 3. The Morgan fingerprint density at radius 1 is 1.23 bits per heavy atom. The van der Waals surface area contributed by atoms with Crippen LogP contribution in [0.2, 0.25) is 0 Å². The van der Waals surface area contributed by atoms with Gasteiger partial charge in [0, 0.05) is 13.5 Å². The molecule has 0 amide bonds. The van der Waals surface area contributed by atoms with Gasteiger partial charge in [-0.15, -0.1) is 0 Å². The largest absolute Gasteiger partial charge is 0.462 e. The van der Waals surface area contributed by atoms with Crippen molar-refractivity contribution in [3.63, 3.8) is 0 Å². The molecule has 0 unspecified atom stereocenters. The van der Waals surface area contributed by atoms with Crippen LogP contribution in [0.5, 0.6) is 0 Å². The van der Waals surface area contributed by atoms with Crippen molar-refractivity contribution in [2.75, 3.05) is 7.11 Å². The molecule has 6 heteroatoms. The molecule has 6 nitrogen and oxygen atoms in total. The number of hydrogen-bond donors (Lipinski definition) is 3. The summed E-state index contributed by atoms with van der Waals surface area (Å²) in [6.07, 6.45) is 4.74. The molecule has 0 spiro atoms. The van der Waals surface area contributed by atoms with Crippen molar-refractivity contribution in [1.82, 2.24) is 0 Å². The van der Waals surface area contributed by atoms with Gasteiger partial charge in [-0.3, -0.25) is 4.79 Å². The van der Waals surface area contributed by atoms with Crippen molar-refractivity contribution in [2.24, 2.45) is 11.8 Å². The minimum absolute atomic E-state index is 0.0642. The van der Waals surface area contributed by atoms with Crippen LogP contribution in [0.25, 0.3) is 0 Å². The van der Waals surface area contributed by atoms with Crippen LogP contribution in [0, 0.1) is 11.8 Å². The van der Waals surface area contributed by atoms with E-state index in [1.807, 2.05) is 26.0 Å². The summed E-state index contributed by atoms with van der Waals surface area (Å²) in [6, 6.07) is 0. The number of hydrogen-bond acceptors (Lipinski definition) is 6. The number of carbonyl (C=O) groups is 1. The molecule has 1 aliphatic heterocycles. The fraction of sp³-hybridized carbons (Fsp3) is 0.750. The Balaban J connectivity index is 3.02. The van der Waals surface area contributed by atoms with Gasteiger partial charge in [-0.05, 0) is 25.2 Å². The third kappa shape index (κ3) is 7.19. The third-order valence-corrected chi connectivity index (χ3v) is 4.98. The van der Waals surface area contributed by atoms with E-state index < -0.39 is 30.4 Å². The predicted octanol–water partition coefficient (Wildman–Crippen LogP) is 1.97. The number of allylic oxidation sites excluding steroid dienone is 2. The predicted molar refractivity (Wildman–Crippen MR) is 99.4 cm³/mol. The molecule has 0 saturated heterocycles. The van der Waals surface area contributed by atoms with Crippen molar-refractivity contribution in [1.29, 1.82) is 0 Å². The summed E-state index contributed by atoms with van der Waals surface area (Å²) in [5, 5.41) is 31.4. The SMILES string of the molecule is CC[C@H]1C[C@@H](C)[C@@H](O)/C=C/C=C/C[C@@H](C)OC(=O)C[C@@H](O)[C@H](OC)[C@H]1O. The Morgan fingerprint density at radius 3 is 2.54 bits per heavy atom. The van der Waals surface area contributed by atoms with Crippen LogP contribution in [0.4, 0.5) is 0 Å². The highest BCUT2D eigenvalue weighted by Gasteiger charge is 2.35. The molecule has 150 valence electrons. The van der Waals surface area contributed by atoms with E-state index in [9.17, 15) is 20.1 Å². The first-order valence-corrected chi connectivity index (χ1v) is 9.39. The topological polar surface area (TPSA) is 96.2 Å². The number of esters is 1. The van der Waals surface area contributed by atoms with Crippen molar-refractivity contribution >= 4 is 5.97 Å². The highest BCUT2D eigenvalue weighted by atomic mass is 16.5. The summed E-state index contributed by atoms with van der Waals surface area (Å²) < 4.78 is 10.6. The molecule has 1 aliphatic rings. The molecule has 0 radical (unpaired) electrons. The van der Waals surface area contributed by atoms with Gasteiger partial charge >= 0.3 is 5.97 Å². The van der Waals surface area contributed by atoms with Gasteiger partial charge in [0.25, 0.3) is 0 Å². The maximum Gasteiger partial charge on any atom is 0.308 e. The molecule has 1 rings (SSSR count). The quantitative estimate of drug-likeness (QED) is 0.643. The summed E-state index contributed by atoms with van der Waals surface area (Å²) in [5.74, 6) is -0.760. The van der Waals surface area contributed by atoms with E-state index >= 15 is 0 Å². The van der Waals surface area contributed by atoms with Crippen LogP contribution < -0.4 is 0 Å². The molecule has 0 bridgehead atoms. The maximum atomic E-state index is 12.0. The molecular formula is C20H34O6. The fourth-order valence-electron chi connectivity index (χ4n) is 3.28. The van der Waals surface area contributed by atoms with Crippen LogP contribution in [-0.4, -0.2) is 58.9 Å². The lowest BCUT2D eigenvalue weighted by molar-refractivity contribution is -0.156. The molecule has 0 fully saturated rings. The standard InChI is InChI=1S/C20H34O6/c1-5-15-11-13(2)16(21)10-8-6-7-9-14(3)26-18(23)12-17(22)20(25-4)19(15)24/h6-8,10,13-17,19-22,24H,5,9,11-12H2,1-4H3/b7-6+,10-8+/t13-,14-,15+,16+,17-,19+,20+/m1/s1. The van der Waals surface area contributed by atoms with Crippen molar-refractivity contribution in [3.8, 4) is 0 Å². The first kappa shape index (κ1) is 22.8. The molecule has 3 N–H and O–H groups in total. The number of methoxy groups -OCH3 is 1. The minimum atomic E-state index is -1.16. The second-order valence-electron chi connectivity index (χ2n) is 7.18. The van der Waals surface area contributed by atoms with Crippen LogP contribution in [0.15, 0.2) is 24.3 Å². The van der Waals surface area contributed by atoms with Gasteiger partial charge in [-0.1, -0.05) is 44.6 Å². The monoisotopic (exact) mass is 370 g/mol. The molecule has 7 atom stereocenters. The highest BCUT2D eigenvalue weighted by molar-refractivity contribution is 5.70. The number of rotatable bonds is 2. The fourth-order valence-corrected chi connectivity index (χ4v) is 3.28. The van der Waals surface area contributed by atoms with Gasteiger partial charge in [0.1, 0.15) is 12.2 Å². The lowest BCUT2D eigenvalue weighted by atomic mass is 9.83. The van der Waals surface area contributed by atoms with Gasteiger partial charge in [-0.25, -0.2) is 0 Å². The minimum Gasteiger partial charge on any atom is -0.462 e. The first-order valence-electron chi connectivity index (χ1n) is 9.39. The van der Waals surface area contributed by atoms with Crippen LogP contribution >= 0.6 is 0 Å². The van der Waals surface area contributed by atoms with Gasteiger partial charge in [0.2, 0.25) is 0 Å². The van der Waals surface area contributed by atoms with Crippen molar-refractivity contribution in [2.45, 2.75) is 77.0 Å². The average Bonchev–Trinajstić information content (AvgIpc) is 2.58. The summed E-state index contributed by atoms with van der Waals surface area (Å²) in [4.78, 5) is 12.0. The number of ether oxygens (including phenoxy) is 2. The Labute approximate surface area is 156 Å². The van der Waals surface area contributed by atoms with E-state index in [4.69, 9.17) is 9.47 Å². The van der Waals surface area contributed by atoms with Gasteiger partial charge in [-0.2, -0.15) is 0 Å². The summed E-state index contributed by atoms with van der Waals surface area (Å²) in [6.45, 7) is 5.64. The molecule has 1 heterocycles. The highest BCUT2D eigenvalue weighted by Crippen LogP contribution is 2.26. The average molecular weight is 370 g/mol. The lowest BCUT2D eigenvalue weighted by Crippen LogP contribution is -2.45. The molecule has 0 aliphatic carbocycles. The molecule has 26 heavy (non-hydrogen) atoms. The maximum absolute atomic E-state index is 12.0. The van der Waals surface area contributed by atoms with Gasteiger partial charge in [0.15, 0.2) is 0 Å². The lowest BCUT2D eigenvalue weighted by Gasteiger charge is -2.33. The second-order valence-corrected chi connectivity index (χ2v) is 7.18. The van der Waals surface area contributed by atoms with Crippen LogP contribution in [0.3, 0.4) is 0 Å².